The fourth-order valence-electron chi connectivity index (χ4n) is 2.43. The van der Waals surface area contributed by atoms with Gasteiger partial charge in [0.15, 0.2) is 6.10 Å². The van der Waals surface area contributed by atoms with E-state index in [1.165, 1.54) is 0 Å². The van der Waals surface area contributed by atoms with Gasteiger partial charge in [-0.15, -0.1) is 11.3 Å². The number of aliphatic hydroxyl groups is 1. The summed E-state index contributed by atoms with van der Waals surface area (Å²) in [5, 5.41) is 14.6. The Morgan fingerprint density at radius 2 is 2.16 bits per heavy atom. The molecule has 1 aromatic heterocycles. The first kappa shape index (κ1) is 12.3. The molecule has 5 heteroatoms. The molecular weight excluding hydrogens is 260 g/mol. The second-order valence-electron chi connectivity index (χ2n) is 4.68. The molecule has 1 aliphatic rings. The van der Waals surface area contributed by atoms with E-state index in [0.29, 0.717) is 0 Å². The summed E-state index contributed by atoms with van der Waals surface area (Å²) in [5.74, 6) is -0.236. The molecule has 2 aromatic rings. The Kier molecular flexibility index (Phi) is 3.31. The van der Waals surface area contributed by atoms with Crippen LogP contribution in [0.2, 0.25) is 0 Å². The fraction of sp³-hybridized carbons (Fsp3) is 0.286. The summed E-state index contributed by atoms with van der Waals surface area (Å²) in [6.07, 6.45) is -0.195. The van der Waals surface area contributed by atoms with Gasteiger partial charge in [-0.2, -0.15) is 0 Å². The van der Waals surface area contributed by atoms with Gasteiger partial charge in [0.1, 0.15) is 0 Å². The predicted molar refractivity (Wildman–Crippen MR) is 72.9 cm³/mol. The van der Waals surface area contributed by atoms with Gasteiger partial charge in [0.25, 0.3) is 5.91 Å². The molecule has 2 N–H and O–H groups in total. The molecule has 1 fully saturated rings. The Morgan fingerprint density at radius 3 is 2.74 bits per heavy atom. The second-order valence-corrected chi connectivity index (χ2v) is 5.40. The summed E-state index contributed by atoms with van der Waals surface area (Å²) in [7, 11) is 0. The van der Waals surface area contributed by atoms with E-state index in [4.69, 9.17) is 0 Å². The number of amides is 1. The fourth-order valence-corrected chi connectivity index (χ4v) is 3.00. The Morgan fingerprint density at radius 1 is 1.37 bits per heavy atom. The Bertz CT molecular complexity index is 556. The second kappa shape index (κ2) is 5.11. The van der Waals surface area contributed by atoms with Crippen LogP contribution in [0.5, 0.6) is 0 Å². The molecule has 3 rings (SSSR count). The van der Waals surface area contributed by atoms with Gasteiger partial charge >= 0.3 is 0 Å². The number of aliphatic hydroxyl groups excluding tert-OH is 1. The zero-order valence-electron chi connectivity index (χ0n) is 10.2. The van der Waals surface area contributed by atoms with Crippen LogP contribution >= 0.6 is 11.3 Å². The number of benzene rings is 1. The minimum atomic E-state index is -0.913. The molecule has 1 aliphatic heterocycles. The van der Waals surface area contributed by atoms with Crippen LogP contribution in [0.1, 0.15) is 17.2 Å². The van der Waals surface area contributed by atoms with Crippen molar-refractivity contribution in [1.82, 2.24) is 10.3 Å². The van der Waals surface area contributed by atoms with Crippen LogP contribution in [0.4, 0.5) is 0 Å². The van der Waals surface area contributed by atoms with Crippen molar-refractivity contribution >= 4 is 17.2 Å². The van der Waals surface area contributed by atoms with Crippen LogP contribution in [0, 0.1) is 0 Å². The molecule has 4 nitrogen and oxygen atoms in total. The topological polar surface area (TPSA) is 62.2 Å². The smallest absolute Gasteiger partial charge is 0.251 e. The molecule has 0 bridgehead atoms. The van der Waals surface area contributed by atoms with Crippen molar-refractivity contribution in [2.45, 2.75) is 24.5 Å². The highest BCUT2D eigenvalue weighted by Gasteiger charge is 2.43. The number of thiazole rings is 1. The number of hydrogen-bond acceptors (Lipinski definition) is 4. The molecule has 19 heavy (non-hydrogen) atoms. The molecule has 1 aromatic carbocycles. The van der Waals surface area contributed by atoms with E-state index < -0.39 is 6.10 Å². The van der Waals surface area contributed by atoms with Crippen molar-refractivity contribution in [3.05, 3.63) is 52.5 Å². The van der Waals surface area contributed by atoms with Crippen molar-refractivity contribution < 1.29 is 9.90 Å². The molecule has 0 saturated carbocycles. The molecule has 0 radical (unpaired) electrons. The van der Waals surface area contributed by atoms with Gasteiger partial charge in [-0.1, -0.05) is 30.3 Å². The normalized spacial score (nSPS) is 23.5. The van der Waals surface area contributed by atoms with Crippen LogP contribution in [0.25, 0.3) is 0 Å². The third kappa shape index (κ3) is 2.39. The maximum atomic E-state index is 11.2. The van der Waals surface area contributed by atoms with Crippen molar-refractivity contribution in [1.29, 1.82) is 0 Å². The van der Waals surface area contributed by atoms with E-state index in [1.54, 1.807) is 16.8 Å². The SMILES string of the molecule is O=C1N[C@@H](C(Cc2cscn2)c2ccccc2)[C@H]1O. The number of nitrogens with one attached hydrogen (secondary N) is 1. The van der Waals surface area contributed by atoms with Crippen LogP contribution in [0.3, 0.4) is 0 Å². The van der Waals surface area contributed by atoms with E-state index in [2.05, 4.69) is 10.3 Å². The summed E-state index contributed by atoms with van der Waals surface area (Å²) in [5.41, 5.74) is 3.90. The maximum Gasteiger partial charge on any atom is 0.251 e. The lowest BCUT2D eigenvalue weighted by atomic mass is 9.81. The highest BCUT2D eigenvalue weighted by Crippen LogP contribution is 2.29. The maximum absolute atomic E-state index is 11.2. The summed E-state index contributed by atoms with van der Waals surface area (Å²) in [6, 6.07) is 9.71. The first-order valence-electron chi connectivity index (χ1n) is 6.16. The standard InChI is InChI=1S/C14H14N2O2S/c17-13-12(16-14(13)18)11(6-10-7-19-8-15-10)9-4-2-1-3-5-9/h1-5,7-8,11-13,17H,6H2,(H,16,18)/t11?,12-,13+/m0/s1. The van der Waals surface area contributed by atoms with Crippen LogP contribution in [-0.4, -0.2) is 28.1 Å². The van der Waals surface area contributed by atoms with Crippen molar-refractivity contribution in [3.8, 4) is 0 Å². The summed E-state index contributed by atoms with van der Waals surface area (Å²) < 4.78 is 0. The highest BCUT2D eigenvalue weighted by atomic mass is 32.1. The first-order chi connectivity index (χ1) is 9.25. The number of aromatic nitrogens is 1. The van der Waals surface area contributed by atoms with E-state index >= 15 is 0 Å². The van der Waals surface area contributed by atoms with Gasteiger partial charge < -0.3 is 10.4 Å². The van der Waals surface area contributed by atoms with E-state index in [9.17, 15) is 9.90 Å². The lowest BCUT2D eigenvalue weighted by Gasteiger charge is -2.39. The Labute approximate surface area is 115 Å². The van der Waals surface area contributed by atoms with Gasteiger partial charge in [-0.25, -0.2) is 4.98 Å². The molecule has 1 amide bonds. The predicted octanol–water partition coefficient (Wildman–Crippen LogP) is 1.33. The third-order valence-corrected chi connectivity index (χ3v) is 4.13. The van der Waals surface area contributed by atoms with Gasteiger partial charge in [0.2, 0.25) is 0 Å². The van der Waals surface area contributed by atoms with Gasteiger partial charge in [-0.05, 0) is 12.0 Å². The minimum Gasteiger partial charge on any atom is -0.381 e. The zero-order valence-corrected chi connectivity index (χ0v) is 11.0. The zero-order chi connectivity index (χ0) is 13.2. The molecule has 98 valence electrons. The van der Waals surface area contributed by atoms with Crippen LogP contribution in [-0.2, 0) is 11.2 Å². The van der Waals surface area contributed by atoms with Crippen LogP contribution in [0.15, 0.2) is 41.2 Å². The van der Waals surface area contributed by atoms with Crippen molar-refractivity contribution in [2.75, 3.05) is 0 Å². The largest absolute Gasteiger partial charge is 0.381 e. The number of nitrogens with zero attached hydrogens (tertiary/aromatic N) is 1. The molecular formula is C14H14N2O2S. The molecule has 3 atom stereocenters. The number of rotatable bonds is 4. The van der Waals surface area contributed by atoms with Crippen LogP contribution < -0.4 is 5.32 Å². The van der Waals surface area contributed by atoms with Crippen molar-refractivity contribution in [2.24, 2.45) is 0 Å². The van der Waals surface area contributed by atoms with E-state index in [0.717, 1.165) is 17.7 Å². The molecule has 2 heterocycles. The number of β-lactam (4-membered cyclic amide) rings is 1. The van der Waals surface area contributed by atoms with Crippen molar-refractivity contribution in [3.63, 3.8) is 0 Å². The number of carbonyl (C=O) groups is 1. The third-order valence-electron chi connectivity index (χ3n) is 3.49. The van der Waals surface area contributed by atoms with Gasteiger partial charge in [0, 0.05) is 11.3 Å². The van der Waals surface area contributed by atoms with Gasteiger partial charge in [0.05, 0.1) is 17.2 Å². The molecule has 1 unspecified atom stereocenters. The van der Waals surface area contributed by atoms with E-state index in [1.807, 2.05) is 35.7 Å². The summed E-state index contributed by atoms with van der Waals surface area (Å²) in [4.78, 5) is 15.5. The average Bonchev–Trinajstić information content (AvgIpc) is 2.96. The average molecular weight is 274 g/mol. The Balaban J connectivity index is 1.86. The first-order valence-corrected chi connectivity index (χ1v) is 7.10. The van der Waals surface area contributed by atoms with Gasteiger partial charge in [-0.3, -0.25) is 4.79 Å². The number of hydrogen-bond donors (Lipinski definition) is 2. The molecule has 1 saturated heterocycles. The minimum absolute atomic E-state index is 0.0519. The summed E-state index contributed by atoms with van der Waals surface area (Å²) >= 11 is 1.55. The number of carbonyl (C=O) groups excluding carboxylic acids is 1. The lowest BCUT2D eigenvalue weighted by molar-refractivity contribution is -0.143. The summed E-state index contributed by atoms with van der Waals surface area (Å²) in [6.45, 7) is 0. The quantitative estimate of drug-likeness (QED) is 0.827. The molecule has 0 aliphatic carbocycles. The van der Waals surface area contributed by atoms with E-state index in [-0.39, 0.29) is 17.9 Å². The Hall–Kier alpha value is -1.72. The lowest BCUT2D eigenvalue weighted by Crippen LogP contribution is -2.64. The highest BCUT2D eigenvalue weighted by molar-refractivity contribution is 7.07. The molecule has 0 spiro atoms. The monoisotopic (exact) mass is 274 g/mol.